The molecular weight excluding hydrogens is 338 g/mol. The second-order valence-electron chi connectivity index (χ2n) is 3.97. The second-order valence-corrected chi connectivity index (χ2v) is 5.22. The summed E-state index contributed by atoms with van der Waals surface area (Å²) in [5.74, 6) is -1.03. The van der Waals surface area contributed by atoms with E-state index in [0.29, 0.717) is 6.07 Å². The molecule has 7 heteroatoms. The molecule has 0 radical (unpaired) electrons. The van der Waals surface area contributed by atoms with E-state index in [4.69, 9.17) is 34.8 Å². The molecule has 20 heavy (non-hydrogen) atoms. The van der Waals surface area contributed by atoms with E-state index < -0.39 is 17.6 Å². The molecule has 0 heterocycles. The standard InChI is InChI=1S/C13H5Cl3F4/c14-8-4-10(15)12(11(16)5-8)6-1-7(13(18,19)20)3-9(17)2-6/h1-5H. The minimum atomic E-state index is -4.66. The highest BCUT2D eigenvalue weighted by molar-refractivity contribution is 6.41. The van der Waals surface area contributed by atoms with Gasteiger partial charge in [0.15, 0.2) is 0 Å². The van der Waals surface area contributed by atoms with E-state index in [-0.39, 0.29) is 26.2 Å². The summed E-state index contributed by atoms with van der Waals surface area (Å²) in [6, 6.07) is 4.76. The minimum absolute atomic E-state index is 0.0428. The lowest BCUT2D eigenvalue weighted by Gasteiger charge is -2.12. The molecule has 0 N–H and O–H groups in total. The van der Waals surface area contributed by atoms with Crippen molar-refractivity contribution in [3.63, 3.8) is 0 Å². The number of halogens is 7. The van der Waals surface area contributed by atoms with Crippen LogP contribution in [0, 0.1) is 5.82 Å². The molecular formula is C13H5Cl3F4. The molecule has 0 spiro atoms. The van der Waals surface area contributed by atoms with Gasteiger partial charge in [-0.05, 0) is 35.9 Å². The molecule has 0 aliphatic carbocycles. The molecule has 2 aromatic rings. The third-order valence-corrected chi connectivity index (χ3v) is 3.34. The zero-order valence-corrected chi connectivity index (χ0v) is 11.8. The van der Waals surface area contributed by atoms with Crippen LogP contribution in [-0.4, -0.2) is 0 Å². The molecule has 0 aliphatic heterocycles. The number of rotatable bonds is 1. The van der Waals surface area contributed by atoms with Gasteiger partial charge in [0.1, 0.15) is 5.82 Å². The Morgan fingerprint density at radius 2 is 1.35 bits per heavy atom. The van der Waals surface area contributed by atoms with Crippen LogP contribution in [0.25, 0.3) is 11.1 Å². The Labute approximate surface area is 126 Å². The Kier molecular flexibility index (Phi) is 4.19. The van der Waals surface area contributed by atoms with Gasteiger partial charge in [0.2, 0.25) is 0 Å². The van der Waals surface area contributed by atoms with Crippen LogP contribution in [0.15, 0.2) is 30.3 Å². The maximum atomic E-state index is 13.4. The van der Waals surface area contributed by atoms with Gasteiger partial charge >= 0.3 is 6.18 Å². The molecule has 0 fully saturated rings. The number of benzene rings is 2. The van der Waals surface area contributed by atoms with Gasteiger partial charge in [0.25, 0.3) is 0 Å². The van der Waals surface area contributed by atoms with Crippen molar-refractivity contribution in [1.29, 1.82) is 0 Å². The summed E-state index contributed by atoms with van der Waals surface area (Å²) in [5, 5.41) is 0.318. The van der Waals surface area contributed by atoms with E-state index >= 15 is 0 Å². The first-order chi connectivity index (χ1) is 9.18. The Bertz CT molecular complexity index is 642. The van der Waals surface area contributed by atoms with Crippen molar-refractivity contribution < 1.29 is 17.6 Å². The first-order valence-corrected chi connectivity index (χ1v) is 6.34. The van der Waals surface area contributed by atoms with Gasteiger partial charge in [0.05, 0.1) is 15.6 Å². The van der Waals surface area contributed by atoms with Gasteiger partial charge in [-0.3, -0.25) is 0 Å². The number of hydrogen-bond acceptors (Lipinski definition) is 0. The fourth-order valence-corrected chi connectivity index (χ4v) is 2.75. The summed E-state index contributed by atoms with van der Waals surface area (Å²) in [7, 11) is 0. The van der Waals surface area contributed by atoms with Crippen molar-refractivity contribution in [2.75, 3.05) is 0 Å². The Morgan fingerprint density at radius 1 is 0.800 bits per heavy atom. The summed E-state index contributed by atoms with van der Waals surface area (Å²) in [6.45, 7) is 0. The van der Waals surface area contributed by atoms with E-state index in [1.807, 2.05) is 0 Å². The molecule has 0 saturated heterocycles. The predicted molar refractivity (Wildman–Crippen MR) is 71.9 cm³/mol. The summed E-state index contributed by atoms with van der Waals surface area (Å²) in [6.07, 6.45) is -4.66. The fourth-order valence-electron chi connectivity index (χ4n) is 1.72. The average molecular weight is 344 g/mol. The van der Waals surface area contributed by atoms with Crippen LogP contribution in [0.1, 0.15) is 5.56 Å². The third-order valence-electron chi connectivity index (χ3n) is 2.52. The third kappa shape index (κ3) is 3.19. The van der Waals surface area contributed by atoms with Crippen molar-refractivity contribution in [2.24, 2.45) is 0 Å². The molecule has 106 valence electrons. The molecule has 0 aliphatic rings. The summed E-state index contributed by atoms with van der Waals surface area (Å²) in [4.78, 5) is 0. The SMILES string of the molecule is Fc1cc(-c2c(Cl)cc(Cl)cc2Cl)cc(C(F)(F)F)c1. The molecule has 2 aromatic carbocycles. The average Bonchev–Trinajstić information content (AvgIpc) is 2.25. The number of hydrogen-bond donors (Lipinski definition) is 0. The van der Waals surface area contributed by atoms with Crippen molar-refractivity contribution in [1.82, 2.24) is 0 Å². The molecule has 0 saturated carbocycles. The minimum Gasteiger partial charge on any atom is -0.207 e. The van der Waals surface area contributed by atoms with Gasteiger partial charge in [-0.15, -0.1) is 0 Å². The van der Waals surface area contributed by atoms with E-state index in [2.05, 4.69) is 0 Å². The van der Waals surface area contributed by atoms with Crippen molar-refractivity contribution in [3.8, 4) is 11.1 Å². The second kappa shape index (κ2) is 5.43. The number of alkyl halides is 3. The Hall–Kier alpha value is -0.970. The van der Waals surface area contributed by atoms with E-state index in [0.717, 1.165) is 12.1 Å². The molecule has 0 amide bonds. The molecule has 2 rings (SSSR count). The monoisotopic (exact) mass is 342 g/mol. The predicted octanol–water partition coefficient (Wildman–Crippen LogP) is 6.47. The molecule has 0 atom stereocenters. The molecule has 0 unspecified atom stereocenters. The van der Waals surface area contributed by atoms with Crippen LogP contribution in [-0.2, 0) is 6.18 Å². The summed E-state index contributed by atoms with van der Waals surface area (Å²) < 4.78 is 51.4. The van der Waals surface area contributed by atoms with Crippen molar-refractivity contribution >= 4 is 34.8 Å². The zero-order chi connectivity index (χ0) is 15.1. The van der Waals surface area contributed by atoms with Gasteiger partial charge in [-0.1, -0.05) is 34.8 Å². The van der Waals surface area contributed by atoms with Crippen molar-refractivity contribution in [2.45, 2.75) is 6.18 Å². The van der Waals surface area contributed by atoms with Crippen LogP contribution in [0.4, 0.5) is 17.6 Å². The fraction of sp³-hybridized carbons (Fsp3) is 0.0769. The highest BCUT2D eigenvalue weighted by Gasteiger charge is 2.31. The lowest BCUT2D eigenvalue weighted by Crippen LogP contribution is -2.05. The maximum absolute atomic E-state index is 13.4. The van der Waals surface area contributed by atoms with Crippen LogP contribution in [0.3, 0.4) is 0 Å². The molecule has 0 bridgehead atoms. The van der Waals surface area contributed by atoms with Crippen LogP contribution in [0.2, 0.25) is 15.1 Å². The van der Waals surface area contributed by atoms with Crippen molar-refractivity contribution in [3.05, 3.63) is 56.8 Å². The van der Waals surface area contributed by atoms with E-state index in [9.17, 15) is 17.6 Å². The van der Waals surface area contributed by atoms with Crippen LogP contribution >= 0.6 is 34.8 Å². The first-order valence-electron chi connectivity index (χ1n) is 5.21. The van der Waals surface area contributed by atoms with Gasteiger partial charge in [0, 0.05) is 10.6 Å². The highest BCUT2D eigenvalue weighted by atomic mass is 35.5. The zero-order valence-electron chi connectivity index (χ0n) is 9.53. The van der Waals surface area contributed by atoms with Gasteiger partial charge in [-0.2, -0.15) is 13.2 Å². The topological polar surface area (TPSA) is 0 Å². The molecule has 0 nitrogen and oxygen atoms in total. The van der Waals surface area contributed by atoms with Crippen LogP contribution < -0.4 is 0 Å². The molecule has 0 aromatic heterocycles. The normalized spacial score (nSPS) is 11.8. The lowest BCUT2D eigenvalue weighted by molar-refractivity contribution is -0.137. The quantitative estimate of drug-likeness (QED) is 0.520. The van der Waals surface area contributed by atoms with Gasteiger partial charge in [-0.25, -0.2) is 4.39 Å². The van der Waals surface area contributed by atoms with E-state index in [1.54, 1.807) is 0 Å². The first kappa shape index (κ1) is 15.4. The largest absolute Gasteiger partial charge is 0.416 e. The maximum Gasteiger partial charge on any atom is 0.416 e. The smallest absolute Gasteiger partial charge is 0.207 e. The summed E-state index contributed by atoms with van der Waals surface area (Å²) >= 11 is 17.6. The Balaban J connectivity index is 2.68. The van der Waals surface area contributed by atoms with Crippen LogP contribution in [0.5, 0.6) is 0 Å². The highest BCUT2D eigenvalue weighted by Crippen LogP contribution is 2.40. The van der Waals surface area contributed by atoms with Gasteiger partial charge < -0.3 is 0 Å². The summed E-state index contributed by atoms with van der Waals surface area (Å²) in [5.41, 5.74) is -1.08. The Morgan fingerprint density at radius 3 is 1.85 bits per heavy atom. The van der Waals surface area contributed by atoms with E-state index in [1.165, 1.54) is 12.1 Å². The lowest BCUT2D eigenvalue weighted by atomic mass is 10.0.